The maximum absolute atomic E-state index is 11.7. The molecule has 1 heterocycles. The van der Waals surface area contributed by atoms with Crippen molar-refractivity contribution in [3.05, 3.63) is 53.6 Å². The monoisotopic (exact) mass is 315 g/mol. The SMILES string of the molecule is Cc1cnc(C(O)c2ccc(NC(=O)OC(C)(C)C)cc2)cn1. The van der Waals surface area contributed by atoms with Crippen LogP contribution >= 0.6 is 0 Å². The third-order valence-electron chi connectivity index (χ3n) is 2.95. The minimum Gasteiger partial charge on any atom is -0.444 e. The van der Waals surface area contributed by atoms with Gasteiger partial charge in [-0.1, -0.05) is 12.1 Å². The minimum absolute atomic E-state index is 0.475. The van der Waals surface area contributed by atoms with Crippen LogP contribution in [0.25, 0.3) is 0 Å². The topological polar surface area (TPSA) is 84.3 Å². The molecule has 0 saturated carbocycles. The van der Waals surface area contributed by atoms with Gasteiger partial charge in [-0.3, -0.25) is 15.3 Å². The van der Waals surface area contributed by atoms with E-state index in [1.165, 1.54) is 0 Å². The lowest BCUT2D eigenvalue weighted by Gasteiger charge is -2.19. The summed E-state index contributed by atoms with van der Waals surface area (Å²) in [7, 11) is 0. The first-order valence-electron chi connectivity index (χ1n) is 7.31. The van der Waals surface area contributed by atoms with Gasteiger partial charge < -0.3 is 9.84 Å². The smallest absolute Gasteiger partial charge is 0.412 e. The lowest BCUT2D eigenvalue weighted by molar-refractivity contribution is 0.0636. The van der Waals surface area contributed by atoms with Crippen molar-refractivity contribution >= 4 is 11.8 Å². The number of benzene rings is 1. The molecule has 2 N–H and O–H groups in total. The number of ether oxygens (including phenoxy) is 1. The number of aliphatic hydroxyl groups is 1. The third-order valence-corrected chi connectivity index (χ3v) is 2.95. The molecule has 0 aliphatic rings. The Labute approximate surface area is 135 Å². The fourth-order valence-corrected chi connectivity index (χ4v) is 1.88. The van der Waals surface area contributed by atoms with E-state index in [0.717, 1.165) is 5.69 Å². The second-order valence-corrected chi connectivity index (χ2v) is 6.23. The van der Waals surface area contributed by atoms with Gasteiger partial charge in [0.05, 0.1) is 17.6 Å². The minimum atomic E-state index is -0.862. The lowest BCUT2D eigenvalue weighted by atomic mass is 10.1. The summed E-state index contributed by atoms with van der Waals surface area (Å²) in [5, 5.41) is 12.9. The first-order valence-corrected chi connectivity index (χ1v) is 7.31. The standard InChI is InChI=1S/C17H21N3O3/c1-11-9-19-14(10-18-11)15(21)12-5-7-13(8-6-12)20-16(22)23-17(2,3)4/h5-10,15,21H,1-4H3,(H,20,22). The summed E-state index contributed by atoms with van der Waals surface area (Å²) >= 11 is 0. The number of aliphatic hydroxyl groups excluding tert-OH is 1. The second-order valence-electron chi connectivity index (χ2n) is 6.23. The van der Waals surface area contributed by atoms with Crippen LogP contribution in [0.5, 0.6) is 0 Å². The molecule has 0 aliphatic carbocycles. The summed E-state index contributed by atoms with van der Waals surface area (Å²) in [5.41, 5.74) is 1.97. The lowest BCUT2D eigenvalue weighted by Crippen LogP contribution is -2.27. The quantitative estimate of drug-likeness (QED) is 0.908. The molecule has 0 aliphatic heterocycles. The van der Waals surface area contributed by atoms with Gasteiger partial charge in [-0.15, -0.1) is 0 Å². The molecule has 1 aromatic carbocycles. The summed E-state index contributed by atoms with van der Waals surface area (Å²) in [6.45, 7) is 7.23. The zero-order valence-corrected chi connectivity index (χ0v) is 13.7. The predicted octanol–water partition coefficient (Wildman–Crippen LogP) is 3.21. The Balaban J connectivity index is 2.04. The number of nitrogens with zero attached hydrogens (tertiary/aromatic N) is 2. The Morgan fingerprint density at radius 1 is 1.17 bits per heavy atom. The van der Waals surface area contributed by atoms with Gasteiger partial charge in [-0.2, -0.15) is 0 Å². The number of rotatable bonds is 3. The number of amides is 1. The van der Waals surface area contributed by atoms with E-state index >= 15 is 0 Å². The molecule has 1 unspecified atom stereocenters. The van der Waals surface area contributed by atoms with Gasteiger partial charge in [-0.05, 0) is 45.4 Å². The normalized spacial score (nSPS) is 12.6. The molecular weight excluding hydrogens is 294 g/mol. The van der Waals surface area contributed by atoms with Crippen molar-refractivity contribution in [2.24, 2.45) is 0 Å². The molecule has 2 rings (SSSR count). The van der Waals surface area contributed by atoms with Crippen LogP contribution in [0.2, 0.25) is 0 Å². The van der Waals surface area contributed by atoms with E-state index in [9.17, 15) is 9.90 Å². The van der Waals surface area contributed by atoms with Crippen molar-refractivity contribution < 1.29 is 14.6 Å². The maximum Gasteiger partial charge on any atom is 0.412 e. The Hall–Kier alpha value is -2.47. The average Bonchev–Trinajstić information content (AvgIpc) is 2.46. The van der Waals surface area contributed by atoms with Crippen LogP contribution in [0.4, 0.5) is 10.5 Å². The van der Waals surface area contributed by atoms with Crippen LogP contribution in [0.1, 0.15) is 43.8 Å². The van der Waals surface area contributed by atoms with E-state index in [1.807, 2.05) is 6.92 Å². The highest BCUT2D eigenvalue weighted by Gasteiger charge is 2.17. The molecule has 2 aromatic rings. The third kappa shape index (κ3) is 5.03. The van der Waals surface area contributed by atoms with Crippen molar-refractivity contribution in [3.8, 4) is 0 Å². The fourth-order valence-electron chi connectivity index (χ4n) is 1.88. The predicted molar refractivity (Wildman–Crippen MR) is 87.1 cm³/mol. The first-order chi connectivity index (χ1) is 10.7. The largest absolute Gasteiger partial charge is 0.444 e. The number of aryl methyl sites for hydroxylation is 1. The van der Waals surface area contributed by atoms with Gasteiger partial charge in [0.15, 0.2) is 0 Å². The van der Waals surface area contributed by atoms with Crippen molar-refractivity contribution in [2.45, 2.75) is 39.4 Å². The number of nitrogens with one attached hydrogen (secondary N) is 1. The van der Waals surface area contributed by atoms with Gasteiger partial charge >= 0.3 is 6.09 Å². The van der Waals surface area contributed by atoms with Gasteiger partial charge in [0, 0.05) is 11.9 Å². The van der Waals surface area contributed by atoms with E-state index in [4.69, 9.17) is 4.74 Å². The molecule has 1 atom stereocenters. The van der Waals surface area contributed by atoms with E-state index < -0.39 is 17.8 Å². The molecule has 0 spiro atoms. The molecule has 6 nitrogen and oxygen atoms in total. The zero-order valence-electron chi connectivity index (χ0n) is 13.7. The van der Waals surface area contributed by atoms with Crippen molar-refractivity contribution in [1.29, 1.82) is 0 Å². The Morgan fingerprint density at radius 2 is 1.83 bits per heavy atom. The molecule has 0 saturated heterocycles. The van der Waals surface area contributed by atoms with Gasteiger partial charge in [0.1, 0.15) is 11.7 Å². The Morgan fingerprint density at radius 3 is 2.35 bits per heavy atom. The van der Waals surface area contributed by atoms with Gasteiger partial charge in [0.25, 0.3) is 0 Å². The van der Waals surface area contributed by atoms with Crippen LogP contribution < -0.4 is 5.32 Å². The highest BCUT2D eigenvalue weighted by Crippen LogP contribution is 2.21. The molecular formula is C17H21N3O3. The summed E-state index contributed by atoms with van der Waals surface area (Å²) in [4.78, 5) is 20.0. The van der Waals surface area contributed by atoms with E-state index in [1.54, 1.807) is 57.4 Å². The number of aromatic nitrogens is 2. The summed E-state index contributed by atoms with van der Waals surface area (Å²) in [5.74, 6) is 0. The molecule has 6 heteroatoms. The molecule has 23 heavy (non-hydrogen) atoms. The Bertz CT molecular complexity index is 661. The van der Waals surface area contributed by atoms with Crippen LogP contribution in [0, 0.1) is 6.92 Å². The second kappa shape index (κ2) is 6.75. The average molecular weight is 315 g/mol. The number of hydrogen-bond donors (Lipinski definition) is 2. The van der Waals surface area contributed by atoms with Crippen molar-refractivity contribution in [1.82, 2.24) is 9.97 Å². The first kappa shape index (κ1) is 16.9. The van der Waals surface area contributed by atoms with Crippen LogP contribution in [0.3, 0.4) is 0 Å². The van der Waals surface area contributed by atoms with Gasteiger partial charge in [0.2, 0.25) is 0 Å². The fraction of sp³-hybridized carbons (Fsp3) is 0.353. The number of anilines is 1. The number of carbonyl (C=O) groups is 1. The maximum atomic E-state index is 11.7. The summed E-state index contributed by atoms with van der Waals surface area (Å²) in [6.07, 6.45) is 1.78. The number of hydrogen-bond acceptors (Lipinski definition) is 5. The van der Waals surface area contributed by atoms with Crippen molar-refractivity contribution in [3.63, 3.8) is 0 Å². The van der Waals surface area contributed by atoms with Crippen LogP contribution in [0.15, 0.2) is 36.7 Å². The molecule has 1 aromatic heterocycles. The Kier molecular flexibility index (Phi) is 4.95. The molecule has 0 bridgehead atoms. The summed E-state index contributed by atoms with van der Waals surface area (Å²) in [6, 6.07) is 6.84. The molecule has 1 amide bonds. The van der Waals surface area contributed by atoms with Crippen LogP contribution in [-0.4, -0.2) is 26.8 Å². The highest BCUT2D eigenvalue weighted by molar-refractivity contribution is 5.84. The molecule has 122 valence electrons. The van der Waals surface area contributed by atoms with Crippen molar-refractivity contribution in [2.75, 3.05) is 5.32 Å². The number of carbonyl (C=O) groups excluding carboxylic acids is 1. The van der Waals surface area contributed by atoms with Gasteiger partial charge in [-0.25, -0.2) is 4.79 Å². The summed E-state index contributed by atoms with van der Waals surface area (Å²) < 4.78 is 5.18. The molecule has 0 fully saturated rings. The highest BCUT2D eigenvalue weighted by atomic mass is 16.6. The van der Waals surface area contributed by atoms with E-state index in [0.29, 0.717) is 16.9 Å². The van der Waals surface area contributed by atoms with E-state index in [2.05, 4.69) is 15.3 Å². The zero-order chi connectivity index (χ0) is 17.0. The van der Waals surface area contributed by atoms with E-state index in [-0.39, 0.29) is 0 Å². The molecule has 0 radical (unpaired) electrons. The van der Waals surface area contributed by atoms with Crippen LogP contribution in [-0.2, 0) is 4.74 Å².